The van der Waals surface area contributed by atoms with E-state index in [0.29, 0.717) is 5.56 Å². The molecule has 7 atom stereocenters. The Morgan fingerprint density at radius 2 is 1.51 bits per heavy atom. The van der Waals surface area contributed by atoms with Crippen molar-refractivity contribution in [2.45, 2.75) is 75.7 Å². The van der Waals surface area contributed by atoms with Gasteiger partial charge < -0.3 is 50.7 Å². The van der Waals surface area contributed by atoms with Gasteiger partial charge in [0.15, 0.2) is 5.43 Å². The lowest BCUT2D eigenvalue weighted by Crippen LogP contribution is -2.46. The van der Waals surface area contributed by atoms with E-state index in [1.54, 1.807) is 0 Å². The van der Waals surface area contributed by atoms with Gasteiger partial charge in [-0.1, -0.05) is 0 Å². The normalized spacial score (nSPS) is 16.1. The Balaban J connectivity index is 1.59. The molecule has 24 heteroatoms. The Hall–Kier alpha value is -5.29. The summed E-state index contributed by atoms with van der Waals surface area (Å²) in [5.41, 5.74) is -1.91. The minimum Gasteiger partial charge on any atom is -0.481 e. The van der Waals surface area contributed by atoms with E-state index in [2.05, 4.69) is 14.0 Å². The number of aliphatic hydroxyl groups is 3. The van der Waals surface area contributed by atoms with E-state index in [1.165, 1.54) is 18.2 Å². The summed E-state index contributed by atoms with van der Waals surface area (Å²) < 4.78 is 23.0. The minimum absolute atomic E-state index is 0.0585. The predicted octanol–water partition coefficient (Wildman–Crippen LogP) is -3.13. The number of amides is 2. The molecule has 11 N–H and O–H groups in total. The highest BCUT2D eigenvalue weighted by atomic mass is 31.2. The molecule has 53 heavy (non-hydrogen) atoms. The summed E-state index contributed by atoms with van der Waals surface area (Å²) in [6, 6.07) is 1.70. The first-order valence-electron chi connectivity index (χ1n) is 15.5. The summed E-state index contributed by atoms with van der Waals surface area (Å²) in [4.78, 5) is 109. The van der Waals surface area contributed by atoms with E-state index in [0.717, 1.165) is 17.6 Å². The van der Waals surface area contributed by atoms with E-state index in [1.807, 2.05) is 15.6 Å². The molecule has 2 aliphatic rings. The van der Waals surface area contributed by atoms with E-state index in [9.17, 15) is 68.2 Å². The highest BCUT2D eigenvalue weighted by Crippen LogP contribution is 2.44. The molecule has 3 rings (SSSR count). The Morgan fingerprint density at radius 3 is 2.13 bits per heavy atom. The first-order valence-corrected chi connectivity index (χ1v) is 17.0. The van der Waals surface area contributed by atoms with Crippen molar-refractivity contribution in [2.24, 2.45) is 0 Å². The van der Waals surface area contributed by atoms with Gasteiger partial charge in [-0.15, -0.1) is 0 Å². The third-order valence-electron chi connectivity index (χ3n) is 7.60. The number of nitrogens with zero attached hydrogens (tertiary/aromatic N) is 1. The van der Waals surface area contributed by atoms with E-state index < -0.39 is 130 Å². The van der Waals surface area contributed by atoms with E-state index >= 15 is 0 Å². The van der Waals surface area contributed by atoms with Crippen molar-refractivity contribution in [2.75, 3.05) is 6.61 Å². The number of carbonyl (C=O) groups is 5. The molecule has 23 nitrogen and oxygen atoms in total. The van der Waals surface area contributed by atoms with Crippen LogP contribution in [0.5, 0.6) is 0 Å². The van der Waals surface area contributed by atoms with Crippen LogP contribution in [-0.4, -0.2) is 123 Å². The Labute approximate surface area is 295 Å². The lowest BCUT2D eigenvalue weighted by atomic mass is 10.0. The van der Waals surface area contributed by atoms with E-state index in [4.69, 9.17) is 10.2 Å². The molecule has 0 aromatic carbocycles. The number of carboxylic acids is 3. The number of benzene rings is 1. The molecule has 7 unspecified atom stereocenters. The zero-order valence-corrected chi connectivity index (χ0v) is 28.4. The second-order valence-corrected chi connectivity index (χ2v) is 13.0. The summed E-state index contributed by atoms with van der Waals surface area (Å²) in [6.07, 6.45) is -10.3. The molecule has 0 spiro atoms. The van der Waals surface area contributed by atoms with Gasteiger partial charge in [-0.2, -0.15) is 0 Å². The number of carboxylic acid groups (broad SMARTS) is 3. The van der Waals surface area contributed by atoms with Crippen molar-refractivity contribution in [1.82, 2.24) is 25.2 Å². The Morgan fingerprint density at radius 1 is 0.887 bits per heavy atom. The second-order valence-electron chi connectivity index (χ2n) is 11.6. The molecule has 1 aromatic heterocycles. The number of aliphatic carboxylic acids is 3. The molecule has 1 aromatic rings. The maximum atomic E-state index is 12.5. The molecule has 0 saturated carbocycles. The number of carbonyl (C=O) groups excluding carboxylic acids is 2. The summed E-state index contributed by atoms with van der Waals surface area (Å²) in [7, 11) is -5.25. The molecule has 2 amide bonds. The number of aromatic amines is 2. The summed E-state index contributed by atoms with van der Waals surface area (Å²) in [5.74, 6) is -6.76. The molecule has 0 fully saturated rings. The van der Waals surface area contributed by atoms with Gasteiger partial charge in [0.05, 0.1) is 24.2 Å². The van der Waals surface area contributed by atoms with Crippen LogP contribution >= 0.6 is 7.82 Å². The quantitative estimate of drug-likeness (QED) is 0.0399. The number of hydrogen-bond donors (Lipinski definition) is 11. The minimum atomic E-state index is -5.25. The van der Waals surface area contributed by atoms with Crippen molar-refractivity contribution in [3.63, 3.8) is 0 Å². The maximum Gasteiger partial charge on any atom is 0.473 e. The number of nitrogens with one attached hydrogen (secondary N) is 4. The van der Waals surface area contributed by atoms with Crippen molar-refractivity contribution < 1.29 is 73.1 Å². The number of phosphoric ester groups is 1. The molecule has 0 radical (unpaired) electrons. The standard InChI is InChI=1S/C29H36N5O18P/c1-12(25(42)31-17(28(46)47)4-6-21(38)30-16(27(44)45)5-7-22(39)40)52-53(49,50)51-11-20(37)23(41)19(36)10-34-18-9-14(35)3-2-13(18)8-15-24(34)32-29(48)33-26(15)43/h2-3,8-9,12,16-17,19-20,23,36-37,41H,4-7,10-11H2,1H3,(H,30,38)(H,31,42)(H,39,40)(H,44,45)(H,46,47)(H,49,50)(H2,32,33,43,48). The molecule has 0 bridgehead atoms. The van der Waals surface area contributed by atoms with Gasteiger partial charge >= 0.3 is 31.4 Å². The van der Waals surface area contributed by atoms with Crippen LogP contribution < -0.4 is 27.3 Å². The van der Waals surface area contributed by atoms with Crippen LogP contribution in [0, 0.1) is 0 Å². The molecule has 1 aliphatic heterocycles. The number of aromatic nitrogens is 3. The maximum absolute atomic E-state index is 12.5. The second kappa shape index (κ2) is 18.0. The first-order chi connectivity index (χ1) is 24.7. The van der Waals surface area contributed by atoms with Crippen LogP contribution in [0.15, 0.2) is 38.6 Å². The topological polar surface area (TPSA) is 374 Å². The largest absolute Gasteiger partial charge is 0.481 e. The van der Waals surface area contributed by atoms with Gasteiger partial charge in [0.1, 0.15) is 42.1 Å². The number of rotatable bonds is 20. The summed E-state index contributed by atoms with van der Waals surface area (Å²) in [5, 5.41) is 63.0. The van der Waals surface area contributed by atoms with Gasteiger partial charge in [0, 0.05) is 18.9 Å². The van der Waals surface area contributed by atoms with Crippen molar-refractivity contribution in [3.05, 3.63) is 55.3 Å². The SMILES string of the molecule is CC(OP(=O)(O)OCC(O)C(O)C(O)Cn1c2cc(=O)ccc-2cc2c(=O)[nH]c(=O)[nH]c21)C(=O)NC(CCC(=O)NC(CCC(=O)O)C(=O)O)C(=O)O. The number of pyridine rings is 1. The fourth-order valence-corrected chi connectivity index (χ4v) is 5.79. The highest BCUT2D eigenvalue weighted by Gasteiger charge is 2.34. The van der Waals surface area contributed by atoms with Crippen LogP contribution in [0.4, 0.5) is 0 Å². The zero-order valence-electron chi connectivity index (χ0n) is 27.5. The molecule has 2 heterocycles. The lowest BCUT2D eigenvalue weighted by molar-refractivity contribution is -0.144. The predicted molar refractivity (Wildman–Crippen MR) is 176 cm³/mol. The molecule has 1 aliphatic carbocycles. The number of phosphoric acid groups is 1. The van der Waals surface area contributed by atoms with Crippen molar-refractivity contribution >= 4 is 48.6 Å². The fraction of sp³-hybridized carbons (Fsp3) is 0.448. The third-order valence-corrected chi connectivity index (χ3v) is 8.66. The van der Waals surface area contributed by atoms with Crippen LogP contribution in [-0.2, 0) is 44.1 Å². The number of hydrogen-bond acceptors (Lipinski definition) is 14. The van der Waals surface area contributed by atoms with Crippen LogP contribution in [0.25, 0.3) is 22.3 Å². The fourth-order valence-electron chi connectivity index (χ4n) is 4.89. The molecular formula is C29H36N5O18P. The Bertz CT molecular complexity index is 2040. The monoisotopic (exact) mass is 773 g/mol. The Kier molecular flexibility index (Phi) is 14.3. The average molecular weight is 774 g/mol. The van der Waals surface area contributed by atoms with Crippen molar-refractivity contribution in [1.29, 1.82) is 0 Å². The van der Waals surface area contributed by atoms with Crippen molar-refractivity contribution in [3.8, 4) is 11.3 Å². The molecule has 0 saturated heterocycles. The van der Waals surface area contributed by atoms with Gasteiger partial charge in [0.2, 0.25) is 11.8 Å². The van der Waals surface area contributed by atoms with Gasteiger partial charge in [0.25, 0.3) is 5.56 Å². The van der Waals surface area contributed by atoms with E-state index in [-0.39, 0.29) is 16.7 Å². The summed E-state index contributed by atoms with van der Waals surface area (Å²) >= 11 is 0. The third kappa shape index (κ3) is 11.9. The highest BCUT2D eigenvalue weighted by molar-refractivity contribution is 7.47. The zero-order chi connectivity index (χ0) is 39.8. The molecule has 290 valence electrons. The number of H-pyrrole nitrogens is 2. The number of aliphatic hydroxyl groups excluding tert-OH is 3. The van der Waals surface area contributed by atoms with Gasteiger partial charge in [-0.05, 0) is 43.5 Å². The van der Waals surface area contributed by atoms with Gasteiger partial charge in [-0.25, -0.2) is 18.9 Å². The van der Waals surface area contributed by atoms with Crippen LogP contribution in [0.2, 0.25) is 0 Å². The number of fused-ring (bicyclic) bond motifs is 2. The lowest BCUT2D eigenvalue weighted by Gasteiger charge is -2.26. The first kappa shape index (κ1) is 42.1. The smallest absolute Gasteiger partial charge is 0.473 e. The average Bonchev–Trinajstić information content (AvgIpc) is 3.06. The summed E-state index contributed by atoms with van der Waals surface area (Å²) in [6.45, 7) is -0.910. The molecular weight excluding hydrogens is 737 g/mol. The van der Waals surface area contributed by atoms with Gasteiger partial charge in [-0.3, -0.25) is 43.0 Å². The van der Waals surface area contributed by atoms with Crippen LogP contribution in [0.3, 0.4) is 0 Å². The van der Waals surface area contributed by atoms with Crippen LogP contribution in [0.1, 0.15) is 32.6 Å².